The molecule has 3 rings (SSSR count). The van der Waals surface area contributed by atoms with E-state index in [4.69, 9.17) is 0 Å². The minimum atomic E-state index is -0.237. The highest BCUT2D eigenvalue weighted by Gasteiger charge is 2.14. The lowest BCUT2D eigenvalue weighted by molar-refractivity contribution is 0.627. The van der Waals surface area contributed by atoms with E-state index < -0.39 is 0 Å². The molecule has 0 spiro atoms. The van der Waals surface area contributed by atoms with Crippen molar-refractivity contribution in [2.75, 3.05) is 0 Å². The van der Waals surface area contributed by atoms with Crippen molar-refractivity contribution >= 4 is 11.8 Å². The largest absolute Gasteiger partial charge is 0.297 e. The SMILES string of the molecule is C=CCn1c(SCc2ccc(F)cc2)nnc1-c1cnccn1. The summed E-state index contributed by atoms with van der Waals surface area (Å²) in [6, 6.07) is 6.44. The lowest BCUT2D eigenvalue weighted by Crippen LogP contribution is -2.01. The molecule has 0 atom stereocenters. The first-order valence-corrected chi connectivity index (χ1v) is 7.94. The van der Waals surface area contributed by atoms with E-state index in [1.807, 2.05) is 4.57 Å². The molecule has 0 aliphatic heterocycles. The highest BCUT2D eigenvalue weighted by molar-refractivity contribution is 7.98. The Morgan fingerprint density at radius 1 is 1.17 bits per heavy atom. The van der Waals surface area contributed by atoms with Crippen LogP contribution in [0.1, 0.15) is 5.56 Å². The van der Waals surface area contributed by atoms with E-state index >= 15 is 0 Å². The summed E-state index contributed by atoms with van der Waals surface area (Å²) in [6.07, 6.45) is 6.67. The summed E-state index contributed by atoms with van der Waals surface area (Å²) in [4.78, 5) is 8.32. The average molecular weight is 327 g/mol. The quantitative estimate of drug-likeness (QED) is 0.513. The smallest absolute Gasteiger partial charge is 0.192 e. The molecule has 0 saturated heterocycles. The second kappa shape index (κ2) is 7.15. The van der Waals surface area contributed by atoms with Crippen LogP contribution in [0.25, 0.3) is 11.5 Å². The predicted octanol–water partition coefficient (Wildman–Crippen LogP) is 3.35. The number of benzene rings is 1. The van der Waals surface area contributed by atoms with Crippen LogP contribution in [0.4, 0.5) is 4.39 Å². The Morgan fingerprint density at radius 3 is 2.70 bits per heavy atom. The van der Waals surface area contributed by atoms with E-state index in [2.05, 4.69) is 26.7 Å². The summed E-state index contributed by atoms with van der Waals surface area (Å²) in [5.41, 5.74) is 1.68. The zero-order chi connectivity index (χ0) is 16.1. The van der Waals surface area contributed by atoms with Gasteiger partial charge in [0, 0.05) is 24.7 Å². The monoisotopic (exact) mass is 327 g/mol. The number of aromatic nitrogens is 5. The third-order valence-electron chi connectivity index (χ3n) is 3.10. The van der Waals surface area contributed by atoms with Gasteiger partial charge in [-0.05, 0) is 17.7 Å². The van der Waals surface area contributed by atoms with Crippen molar-refractivity contribution in [1.29, 1.82) is 0 Å². The van der Waals surface area contributed by atoms with Gasteiger partial charge in [-0.25, -0.2) is 9.37 Å². The maximum Gasteiger partial charge on any atom is 0.192 e. The Kier molecular flexibility index (Phi) is 4.77. The molecule has 0 bridgehead atoms. The van der Waals surface area contributed by atoms with Crippen LogP contribution in [-0.2, 0) is 12.3 Å². The Bertz CT molecular complexity index is 786. The van der Waals surface area contributed by atoms with Crippen molar-refractivity contribution in [2.45, 2.75) is 17.5 Å². The van der Waals surface area contributed by atoms with Gasteiger partial charge in [0.15, 0.2) is 11.0 Å². The van der Waals surface area contributed by atoms with E-state index in [9.17, 15) is 4.39 Å². The van der Waals surface area contributed by atoms with Crippen molar-refractivity contribution in [2.24, 2.45) is 0 Å². The summed E-state index contributed by atoms with van der Waals surface area (Å²) in [5, 5.41) is 9.20. The topological polar surface area (TPSA) is 56.5 Å². The van der Waals surface area contributed by atoms with Gasteiger partial charge in [0.2, 0.25) is 0 Å². The first kappa shape index (κ1) is 15.4. The number of thioether (sulfide) groups is 1. The Hall–Kier alpha value is -2.54. The Balaban J connectivity index is 1.83. The first-order chi connectivity index (χ1) is 11.3. The Morgan fingerprint density at radius 2 is 2.00 bits per heavy atom. The molecule has 2 heterocycles. The lowest BCUT2D eigenvalue weighted by Gasteiger charge is -2.07. The van der Waals surface area contributed by atoms with Gasteiger partial charge in [0.25, 0.3) is 0 Å². The number of nitrogens with zero attached hydrogens (tertiary/aromatic N) is 5. The van der Waals surface area contributed by atoms with Crippen LogP contribution < -0.4 is 0 Å². The van der Waals surface area contributed by atoms with Crippen molar-refractivity contribution in [3.05, 3.63) is 66.9 Å². The van der Waals surface area contributed by atoms with Gasteiger partial charge in [-0.2, -0.15) is 0 Å². The van der Waals surface area contributed by atoms with E-state index in [0.717, 1.165) is 10.7 Å². The molecule has 0 aliphatic carbocycles. The zero-order valence-electron chi connectivity index (χ0n) is 12.3. The molecule has 23 heavy (non-hydrogen) atoms. The maximum absolute atomic E-state index is 12.9. The molecular formula is C16H14FN5S. The fourth-order valence-electron chi connectivity index (χ4n) is 2.02. The van der Waals surface area contributed by atoms with Gasteiger partial charge in [0.1, 0.15) is 11.5 Å². The molecule has 1 aromatic carbocycles. The summed E-state index contributed by atoms with van der Waals surface area (Å²) >= 11 is 1.53. The zero-order valence-corrected chi connectivity index (χ0v) is 13.1. The van der Waals surface area contributed by atoms with Gasteiger partial charge in [0.05, 0.1) is 6.20 Å². The van der Waals surface area contributed by atoms with Crippen LogP contribution >= 0.6 is 11.8 Å². The number of allylic oxidation sites excluding steroid dienone is 1. The van der Waals surface area contributed by atoms with Crippen LogP contribution in [0, 0.1) is 5.82 Å². The Labute approximate surface area is 137 Å². The number of hydrogen-bond donors (Lipinski definition) is 0. The third kappa shape index (κ3) is 3.62. The molecule has 2 aromatic heterocycles. The normalized spacial score (nSPS) is 10.7. The molecule has 0 fully saturated rings. The molecule has 0 N–H and O–H groups in total. The first-order valence-electron chi connectivity index (χ1n) is 6.95. The van der Waals surface area contributed by atoms with Crippen molar-refractivity contribution in [3.63, 3.8) is 0 Å². The van der Waals surface area contributed by atoms with Gasteiger partial charge >= 0.3 is 0 Å². The maximum atomic E-state index is 12.9. The average Bonchev–Trinajstić information content (AvgIpc) is 2.98. The van der Waals surface area contributed by atoms with Crippen LogP contribution in [0.3, 0.4) is 0 Å². The van der Waals surface area contributed by atoms with Gasteiger partial charge in [-0.15, -0.1) is 16.8 Å². The van der Waals surface area contributed by atoms with Crippen molar-refractivity contribution in [1.82, 2.24) is 24.7 Å². The number of rotatable bonds is 6. The fraction of sp³-hybridized carbons (Fsp3) is 0.125. The summed E-state index contributed by atoms with van der Waals surface area (Å²) in [6.45, 7) is 4.35. The van der Waals surface area contributed by atoms with Crippen LogP contribution in [0.2, 0.25) is 0 Å². The minimum absolute atomic E-state index is 0.237. The van der Waals surface area contributed by atoms with Gasteiger partial charge in [-0.1, -0.05) is 30.0 Å². The number of hydrogen-bond acceptors (Lipinski definition) is 5. The molecule has 116 valence electrons. The predicted molar refractivity (Wildman–Crippen MR) is 87.2 cm³/mol. The van der Waals surface area contributed by atoms with Crippen LogP contribution in [-0.4, -0.2) is 24.7 Å². The van der Waals surface area contributed by atoms with Gasteiger partial charge in [-0.3, -0.25) is 9.55 Å². The van der Waals surface area contributed by atoms with Crippen molar-refractivity contribution < 1.29 is 4.39 Å². The van der Waals surface area contributed by atoms with Crippen LogP contribution in [0.5, 0.6) is 0 Å². The molecule has 3 aromatic rings. The number of halogens is 1. The third-order valence-corrected chi connectivity index (χ3v) is 4.14. The van der Waals surface area contributed by atoms with E-state index in [1.165, 1.54) is 23.9 Å². The summed E-state index contributed by atoms with van der Waals surface area (Å²) in [5.74, 6) is 1.09. The van der Waals surface area contributed by atoms with E-state index in [0.29, 0.717) is 23.8 Å². The standard InChI is InChI=1S/C16H14FN5S/c1-2-9-22-15(14-10-18-7-8-19-14)20-21-16(22)23-11-12-3-5-13(17)6-4-12/h2-8,10H,1,9,11H2. The molecule has 0 amide bonds. The summed E-state index contributed by atoms with van der Waals surface area (Å²) < 4.78 is 14.9. The second-order valence-electron chi connectivity index (χ2n) is 4.71. The molecule has 7 heteroatoms. The van der Waals surface area contributed by atoms with E-state index in [1.54, 1.807) is 36.8 Å². The molecule has 0 saturated carbocycles. The van der Waals surface area contributed by atoms with Crippen LogP contribution in [0.15, 0.2) is 60.7 Å². The van der Waals surface area contributed by atoms with E-state index in [-0.39, 0.29) is 5.82 Å². The molecule has 0 aliphatic rings. The molecular weight excluding hydrogens is 313 g/mol. The summed E-state index contributed by atoms with van der Waals surface area (Å²) in [7, 11) is 0. The minimum Gasteiger partial charge on any atom is -0.297 e. The van der Waals surface area contributed by atoms with Gasteiger partial charge < -0.3 is 0 Å². The fourth-order valence-corrected chi connectivity index (χ4v) is 2.93. The molecule has 0 radical (unpaired) electrons. The lowest BCUT2D eigenvalue weighted by atomic mass is 10.2. The molecule has 5 nitrogen and oxygen atoms in total. The highest BCUT2D eigenvalue weighted by Crippen LogP contribution is 2.25. The molecule has 0 unspecified atom stereocenters. The van der Waals surface area contributed by atoms with Crippen molar-refractivity contribution in [3.8, 4) is 11.5 Å². The second-order valence-corrected chi connectivity index (χ2v) is 5.65. The highest BCUT2D eigenvalue weighted by atomic mass is 32.2.